The van der Waals surface area contributed by atoms with Gasteiger partial charge < -0.3 is 0 Å². The Morgan fingerprint density at radius 2 is 1.37 bits per heavy atom. The summed E-state index contributed by atoms with van der Waals surface area (Å²) in [6.07, 6.45) is 5.74. The SMILES string of the molecule is Fc1cc(F)cc(-c2ccc(C3=CCCC3)cc2)c1. The van der Waals surface area contributed by atoms with Crippen LogP contribution in [0.4, 0.5) is 8.78 Å². The van der Waals surface area contributed by atoms with Gasteiger partial charge in [0.1, 0.15) is 11.6 Å². The van der Waals surface area contributed by atoms with E-state index in [-0.39, 0.29) is 0 Å². The molecule has 1 aliphatic rings. The predicted molar refractivity (Wildman–Crippen MR) is 73.6 cm³/mol. The summed E-state index contributed by atoms with van der Waals surface area (Å²) >= 11 is 0. The molecule has 3 rings (SSSR count). The predicted octanol–water partition coefficient (Wildman–Crippen LogP) is 5.20. The van der Waals surface area contributed by atoms with Crippen molar-refractivity contribution >= 4 is 5.57 Å². The Morgan fingerprint density at radius 1 is 0.737 bits per heavy atom. The zero-order valence-electron chi connectivity index (χ0n) is 10.5. The van der Waals surface area contributed by atoms with Crippen molar-refractivity contribution in [1.82, 2.24) is 0 Å². The number of rotatable bonds is 2. The van der Waals surface area contributed by atoms with Crippen molar-refractivity contribution < 1.29 is 8.78 Å². The lowest BCUT2D eigenvalue weighted by Crippen LogP contribution is -1.85. The molecule has 0 saturated carbocycles. The second kappa shape index (κ2) is 4.96. The molecular weight excluding hydrogens is 242 g/mol. The maximum absolute atomic E-state index is 13.2. The highest BCUT2D eigenvalue weighted by Crippen LogP contribution is 2.29. The van der Waals surface area contributed by atoms with Crippen LogP contribution in [0.5, 0.6) is 0 Å². The smallest absolute Gasteiger partial charge is 0.126 e. The largest absolute Gasteiger partial charge is 0.207 e. The van der Waals surface area contributed by atoms with E-state index in [2.05, 4.69) is 6.08 Å². The van der Waals surface area contributed by atoms with E-state index in [4.69, 9.17) is 0 Å². The lowest BCUT2D eigenvalue weighted by molar-refractivity contribution is 0.584. The minimum absolute atomic E-state index is 0.544. The molecule has 0 nitrogen and oxygen atoms in total. The first-order valence-electron chi connectivity index (χ1n) is 6.48. The Balaban J connectivity index is 1.93. The van der Waals surface area contributed by atoms with Crippen LogP contribution in [0.2, 0.25) is 0 Å². The Labute approximate surface area is 111 Å². The first-order chi connectivity index (χ1) is 9.22. The highest BCUT2D eigenvalue weighted by Gasteiger charge is 2.08. The van der Waals surface area contributed by atoms with Crippen LogP contribution >= 0.6 is 0 Å². The molecule has 1 aliphatic carbocycles. The highest BCUT2D eigenvalue weighted by atomic mass is 19.1. The van der Waals surface area contributed by atoms with E-state index in [0.717, 1.165) is 24.5 Å². The molecule has 0 saturated heterocycles. The van der Waals surface area contributed by atoms with Gasteiger partial charge in [-0.1, -0.05) is 30.3 Å². The number of hydrogen-bond donors (Lipinski definition) is 0. The van der Waals surface area contributed by atoms with Gasteiger partial charge in [0.25, 0.3) is 0 Å². The minimum Gasteiger partial charge on any atom is -0.207 e. The van der Waals surface area contributed by atoms with E-state index in [1.54, 1.807) is 0 Å². The molecule has 0 atom stereocenters. The standard InChI is InChI=1S/C17H14F2/c18-16-9-15(10-17(19)11-16)14-7-5-13(6-8-14)12-3-1-2-4-12/h3,5-11H,1-2,4H2. The third-order valence-corrected chi connectivity index (χ3v) is 3.49. The molecular formula is C17H14F2. The van der Waals surface area contributed by atoms with Crippen LogP contribution in [-0.2, 0) is 0 Å². The summed E-state index contributed by atoms with van der Waals surface area (Å²) in [5.41, 5.74) is 3.99. The van der Waals surface area contributed by atoms with Crippen LogP contribution in [0.3, 0.4) is 0 Å². The van der Waals surface area contributed by atoms with E-state index >= 15 is 0 Å². The van der Waals surface area contributed by atoms with Gasteiger partial charge in [0, 0.05) is 6.07 Å². The van der Waals surface area contributed by atoms with Gasteiger partial charge >= 0.3 is 0 Å². The molecule has 0 amide bonds. The van der Waals surface area contributed by atoms with Gasteiger partial charge in [0.05, 0.1) is 0 Å². The van der Waals surface area contributed by atoms with Gasteiger partial charge in [-0.2, -0.15) is 0 Å². The average molecular weight is 256 g/mol. The molecule has 0 heterocycles. The molecule has 2 aromatic carbocycles. The van der Waals surface area contributed by atoms with Gasteiger partial charge in [-0.15, -0.1) is 0 Å². The summed E-state index contributed by atoms with van der Waals surface area (Å²) in [5.74, 6) is -1.09. The summed E-state index contributed by atoms with van der Waals surface area (Å²) in [5, 5.41) is 0. The van der Waals surface area contributed by atoms with Crippen LogP contribution in [-0.4, -0.2) is 0 Å². The number of benzene rings is 2. The minimum atomic E-state index is -0.544. The quantitative estimate of drug-likeness (QED) is 0.692. The normalized spacial score (nSPS) is 14.5. The van der Waals surface area contributed by atoms with Crippen molar-refractivity contribution in [3.05, 3.63) is 65.7 Å². The number of allylic oxidation sites excluding steroid dienone is 2. The lowest BCUT2D eigenvalue weighted by atomic mass is 10.00. The maximum Gasteiger partial charge on any atom is 0.126 e. The molecule has 0 aromatic heterocycles. The topological polar surface area (TPSA) is 0 Å². The van der Waals surface area contributed by atoms with Crippen molar-refractivity contribution in [3.63, 3.8) is 0 Å². The highest BCUT2D eigenvalue weighted by molar-refractivity contribution is 5.71. The Morgan fingerprint density at radius 3 is 1.95 bits per heavy atom. The Bertz CT molecular complexity index is 604. The zero-order chi connectivity index (χ0) is 13.2. The van der Waals surface area contributed by atoms with Crippen LogP contribution in [0, 0.1) is 11.6 Å². The summed E-state index contributed by atoms with van der Waals surface area (Å²) < 4.78 is 26.4. The van der Waals surface area contributed by atoms with Crippen LogP contribution in [0.1, 0.15) is 24.8 Å². The van der Waals surface area contributed by atoms with Crippen molar-refractivity contribution in [2.24, 2.45) is 0 Å². The molecule has 19 heavy (non-hydrogen) atoms. The lowest BCUT2D eigenvalue weighted by Gasteiger charge is -2.06. The van der Waals surface area contributed by atoms with Crippen molar-refractivity contribution in [2.45, 2.75) is 19.3 Å². The van der Waals surface area contributed by atoms with Crippen LogP contribution in [0.15, 0.2) is 48.5 Å². The van der Waals surface area contributed by atoms with E-state index in [0.29, 0.717) is 5.56 Å². The maximum atomic E-state index is 13.2. The molecule has 0 bridgehead atoms. The third kappa shape index (κ3) is 2.58. The molecule has 0 aliphatic heterocycles. The molecule has 0 spiro atoms. The van der Waals surface area contributed by atoms with E-state index in [9.17, 15) is 8.78 Å². The molecule has 0 radical (unpaired) electrons. The first kappa shape index (κ1) is 12.1. The second-order valence-corrected chi connectivity index (χ2v) is 4.86. The van der Waals surface area contributed by atoms with Crippen molar-refractivity contribution in [2.75, 3.05) is 0 Å². The monoisotopic (exact) mass is 256 g/mol. The van der Waals surface area contributed by atoms with Gasteiger partial charge in [0.2, 0.25) is 0 Å². The summed E-state index contributed by atoms with van der Waals surface area (Å²) in [4.78, 5) is 0. The van der Waals surface area contributed by atoms with Crippen molar-refractivity contribution in [3.8, 4) is 11.1 Å². The molecule has 2 heteroatoms. The first-order valence-corrected chi connectivity index (χ1v) is 6.48. The summed E-state index contributed by atoms with van der Waals surface area (Å²) in [6.45, 7) is 0. The van der Waals surface area contributed by atoms with Gasteiger partial charge in [-0.25, -0.2) is 8.78 Å². The fourth-order valence-electron chi connectivity index (χ4n) is 2.53. The average Bonchev–Trinajstić information content (AvgIpc) is 2.91. The number of hydrogen-bond acceptors (Lipinski definition) is 0. The van der Waals surface area contributed by atoms with E-state index in [1.165, 1.54) is 29.7 Å². The van der Waals surface area contributed by atoms with E-state index < -0.39 is 11.6 Å². The Kier molecular flexibility index (Phi) is 3.16. The van der Waals surface area contributed by atoms with Gasteiger partial charge in [-0.3, -0.25) is 0 Å². The van der Waals surface area contributed by atoms with Gasteiger partial charge in [0.15, 0.2) is 0 Å². The van der Waals surface area contributed by atoms with Crippen molar-refractivity contribution in [1.29, 1.82) is 0 Å². The number of halogens is 2. The molecule has 96 valence electrons. The summed E-state index contributed by atoms with van der Waals surface area (Å²) in [7, 11) is 0. The third-order valence-electron chi connectivity index (χ3n) is 3.49. The molecule has 0 N–H and O–H groups in total. The molecule has 0 fully saturated rings. The Hall–Kier alpha value is -1.96. The molecule has 0 unspecified atom stereocenters. The fourth-order valence-corrected chi connectivity index (χ4v) is 2.53. The van der Waals surface area contributed by atoms with Gasteiger partial charge in [-0.05, 0) is 53.7 Å². The molecule has 2 aromatic rings. The fraction of sp³-hybridized carbons (Fsp3) is 0.176. The van der Waals surface area contributed by atoms with Crippen LogP contribution < -0.4 is 0 Å². The van der Waals surface area contributed by atoms with Crippen LogP contribution in [0.25, 0.3) is 16.7 Å². The summed E-state index contributed by atoms with van der Waals surface area (Å²) in [6, 6.07) is 11.5. The zero-order valence-corrected chi connectivity index (χ0v) is 10.5. The second-order valence-electron chi connectivity index (χ2n) is 4.86. The van der Waals surface area contributed by atoms with E-state index in [1.807, 2.05) is 24.3 Å².